The average molecular weight is 357 g/mol. The molecule has 2 aliphatic rings. The lowest BCUT2D eigenvalue weighted by Crippen LogP contribution is -2.46. The van der Waals surface area contributed by atoms with E-state index in [9.17, 15) is 4.79 Å². The number of rotatable bonds is 4. The summed E-state index contributed by atoms with van der Waals surface area (Å²) in [6.45, 7) is 4.51. The van der Waals surface area contributed by atoms with E-state index in [2.05, 4.69) is 14.8 Å². The third-order valence-electron chi connectivity index (χ3n) is 4.97. The van der Waals surface area contributed by atoms with Crippen LogP contribution in [0.25, 0.3) is 0 Å². The predicted molar refractivity (Wildman–Crippen MR) is 99.0 cm³/mol. The first kappa shape index (κ1) is 16.5. The first-order chi connectivity index (χ1) is 12.2. The van der Waals surface area contributed by atoms with E-state index in [0.29, 0.717) is 11.4 Å². The van der Waals surface area contributed by atoms with Crippen LogP contribution in [0.3, 0.4) is 0 Å². The Balaban J connectivity index is 1.39. The highest BCUT2D eigenvalue weighted by atomic mass is 32.1. The largest absolute Gasteiger partial charge is 0.365 e. The molecule has 0 saturated carbocycles. The number of nitrogens with zero attached hydrogens (tertiary/aromatic N) is 4. The van der Waals surface area contributed by atoms with Gasteiger partial charge in [-0.25, -0.2) is 9.97 Å². The molecule has 2 aromatic rings. The highest BCUT2D eigenvalue weighted by Crippen LogP contribution is 2.28. The van der Waals surface area contributed by atoms with Gasteiger partial charge in [0.15, 0.2) is 0 Å². The van der Waals surface area contributed by atoms with Crippen LogP contribution in [0.15, 0.2) is 18.3 Å². The highest BCUT2D eigenvalue weighted by molar-refractivity contribution is 7.11. The molecule has 6 nitrogen and oxygen atoms in total. The van der Waals surface area contributed by atoms with E-state index in [-0.39, 0.29) is 0 Å². The SMILES string of the molecule is NC(=O)c1cccnc1N1CCN(Cc2nc3c(s2)CCCC3)CC1. The maximum absolute atomic E-state index is 11.6. The number of anilines is 1. The van der Waals surface area contributed by atoms with Gasteiger partial charge >= 0.3 is 0 Å². The van der Waals surface area contributed by atoms with Gasteiger partial charge in [0.2, 0.25) is 0 Å². The molecule has 2 aromatic heterocycles. The smallest absolute Gasteiger partial charge is 0.252 e. The number of hydrogen-bond donors (Lipinski definition) is 1. The minimum absolute atomic E-state index is 0.418. The molecule has 0 aromatic carbocycles. The fourth-order valence-corrected chi connectivity index (χ4v) is 4.82. The molecule has 132 valence electrons. The number of nitrogens with two attached hydrogens (primary N) is 1. The molecule has 1 saturated heterocycles. The molecule has 3 heterocycles. The monoisotopic (exact) mass is 357 g/mol. The fourth-order valence-electron chi connectivity index (χ4n) is 3.62. The second-order valence-electron chi connectivity index (χ2n) is 6.69. The number of carbonyl (C=O) groups is 1. The molecular formula is C18H23N5OS. The number of fused-ring (bicyclic) bond motifs is 1. The van der Waals surface area contributed by atoms with Gasteiger partial charge in [-0.1, -0.05) is 0 Å². The van der Waals surface area contributed by atoms with E-state index in [1.54, 1.807) is 18.3 Å². The summed E-state index contributed by atoms with van der Waals surface area (Å²) in [7, 11) is 0. The maximum atomic E-state index is 11.6. The van der Waals surface area contributed by atoms with Gasteiger partial charge in [0.1, 0.15) is 10.8 Å². The molecular weight excluding hydrogens is 334 g/mol. The molecule has 1 aliphatic heterocycles. The van der Waals surface area contributed by atoms with Crippen molar-refractivity contribution in [1.82, 2.24) is 14.9 Å². The number of aromatic nitrogens is 2. The quantitative estimate of drug-likeness (QED) is 0.904. The van der Waals surface area contributed by atoms with Gasteiger partial charge in [0.05, 0.1) is 17.8 Å². The number of carbonyl (C=O) groups excluding carboxylic acids is 1. The average Bonchev–Trinajstić information content (AvgIpc) is 3.04. The Morgan fingerprint density at radius 3 is 2.76 bits per heavy atom. The highest BCUT2D eigenvalue weighted by Gasteiger charge is 2.23. The minimum atomic E-state index is -0.418. The summed E-state index contributed by atoms with van der Waals surface area (Å²) in [6, 6.07) is 3.50. The molecule has 7 heteroatoms. The van der Waals surface area contributed by atoms with Crippen molar-refractivity contribution >= 4 is 23.1 Å². The van der Waals surface area contributed by atoms with Gasteiger partial charge in [-0.05, 0) is 37.8 Å². The zero-order valence-electron chi connectivity index (χ0n) is 14.3. The summed E-state index contributed by atoms with van der Waals surface area (Å²) < 4.78 is 0. The van der Waals surface area contributed by atoms with Crippen molar-refractivity contribution in [2.45, 2.75) is 32.2 Å². The van der Waals surface area contributed by atoms with Crippen molar-refractivity contribution in [3.63, 3.8) is 0 Å². The Hall–Kier alpha value is -1.99. The summed E-state index contributed by atoms with van der Waals surface area (Å²) in [5, 5.41) is 1.25. The molecule has 0 radical (unpaired) electrons. The summed E-state index contributed by atoms with van der Waals surface area (Å²) in [5.74, 6) is 0.290. The first-order valence-corrected chi connectivity index (χ1v) is 9.72. The number of thiazole rings is 1. The normalized spacial score (nSPS) is 18.2. The molecule has 0 spiro atoms. The Morgan fingerprint density at radius 2 is 2.00 bits per heavy atom. The van der Waals surface area contributed by atoms with Crippen molar-refractivity contribution in [2.24, 2.45) is 5.73 Å². The first-order valence-electron chi connectivity index (χ1n) is 8.90. The number of primary amides is 1. The van der Waals surface area contributed by atoms with E-state index >= 15 is 0 Å². The number of pyridine rings is 1. The second kappa shape index (κ2) is 7.09. The number of hydrogen-bond acceptors (Lipinski definition) is 6. The molecule has 1 aliphatic carbocycles. The third-order valence-corrected chi connectivity index (χ3v) is 6.11. The summed E-state index contributed by atoms with van der Waals surface area (Å²) >= 11 is 1.89. The van der Waals surface area contributed by atoms with Gasteiger partial charge in [-0.3, -0.25) is 9.69 Å². The molecule has 0 unspecified atom stereocenters. The zero-order chi connectivity index (χ0) is 17.2. The maximum Gasteiger partial charge on any atom is 0.252 e. The van der Waals surface area contributed by atoms with Gasteiger partial charge < -0.3 is 10.6 Å². The van der Waals surface area contributed by atoms with E-state index in [4.69, 9.17) is 10.7 Å². The second-order valence-corrected chi connectivity index (χ2v) is 7.85. The Bertz CT molecular complexity index is 743. The molecule has 4 rings (SSSR count). The van der Waals surface area contributed by atoms with Crippen molar-refractivity contribution in [3.05, 3.63) is 39.5 Å². The van der Waals surface area contributed by atoms with Crippen LogP contribution in [0, 0.1) is 0 Å². The molecule has 0 bridgehead atoms. The minimum Gasteiger partial charge on any atom is -0.365 e. The predicted octanol–water partition coefficient (Wildman–Crippen LogP) is 1.84. The van der Waals surface area contributed by atoms with E-state index in [0.717, 1.165) is 39.1 Å². The topological polar surface area (TPSA) is 75.4 Å². The lowest BCUT2D eigenvalue weighted by atomic mass is 10.0. The van der Waals surface area contributed by atoms with Crippen LogP contribution in [-0.4, -0.2) is 47.0 Å². The van der Waals surface area contributed by atoms with Crippen LogP contribution in [0.4, 0.5) is 5.82 Å². The van der Waals surface area contributed by atoms with Crippen molar-refractivity contribution in [2.75, 3.05) is 31.1 Å². The van der Waals surface area contributed by atoms with Gasteiger partial charge in [0.25, 0.3) is 5.91 Å². The lowest BCUT2D eigenvalue weighted by molar-refractivity contribution is 0.1000. The van der Waals surface area contributed by atoms with Crippen LogP contribution in [0.1, 0.15) is 38.8 Å². The van der Waals surface area contributed by atoms with Crippen LogP contribution < -0.4 is 10.6 Å². The molecule has 2 N–H and O–H groups in total. The van der Waals surface area contributed by atoms with E-state index < -0.39 is 5.91 Å². The van der Waals surface area contributed by atoms with Crippen LogP contribution in [-0.2, 0) is 19.4 Å². The molecule has 0 atom stereocenters. The molecule has 25 heavy (non-hydrogen) atoms. The Kier molecular flexibility index (Phi) is 4.67. The Morgan fingerprint density at radius 1 is 1.20 bits per heavy atom. The fraction of sp³-hybridized carbons (Fsp3) is 0.500. The summed E-state index contributed by atoms with van der Waals surface area (Å²) in [5.41, 5.74) is 7.32. The van der Waals surface area contributed by atoms with E-state index in [1.807, 2.05) is 11.3 Å². The van der Waals surface area contributed by atoms with Crippen LogP contribution >= 0.6 is 11.3 Å². The number of aryl methyl sites for hydroxylation is 2. The standard InChI is InChI=1S/C18H23N5OS/c19-17(24)13-4-3-7-20-18(13)23-10-8-22(9-11-23)12-16-21-14-5-1-2-6-15(14)25-16/h3-4,7H,1-2,5-6,8-12H2,(H2,19,24). The summed E-state index contributed by atoms with van der Waals surface area (Å²) in [6.07, 6.45) is 6.65. The van der Waals surface area contributed by atoms with Crippen molar-refractivity contribution in [1.29, 1.82) is 0 Å². The van der Waals surface area contributed by atoms with E-state index in [1.165, 1.54) is 34.8 Å². The van der Waals surface area contributed by atoms with Gasteiger partial charge in [-0.2, -0.15) is 0 Å². The van der Waals surface area contributed by atoms with Crippen LogP contribution in [0.2, 0.25) is 0 Å². The van der Waals surface area contributed by atoms with Gasteiger partial charge in [0, 0.05) is 37.3 Å². The van der Waals surface area contributed by atoms with Crippen molar-refractivity contribution in [3.8, 4) is 0 Å². The number of piperazine rings is 1. The zero-order valence-corrected chi connectivity index (χ0v) is 15.1. The van der Waals surface area contributed by atoms with Crippen LogP contribution in [0.5, 0.6) is 0 Å². The Labute approximate surface area is 151 Å². The summed E-state index contributed by atoms with van der Waals surface area (Å²) in [4.78, 5) is 26.9. The number of amides is 1. The van der Waals surface area contributed by atoms with Gasteiger partial charge in [-0.15, -0.1) is 11.3 Å². The third kappa shape index (κ3) is 3.52. The molecule has 1 fully saturated rings. The van der Waals surface area contributed by atoms with Crippen molar-refractivity contribution < 1.29 is 4.79 Å². The lowest BCUT2D eigenvalue weighted by Gasteiger charge is -2.35. The molecule has 1 amide bonds.